The number of hydrogen-bond acceptors (Lipinski definition) is 1. The molecule has 2 heteroatoms. The van der Waals surface area contributed by atoms with Crippen molar-refractivity contribution in [2.75, 3.05) is 5.73 Å². The van der Waals surface area contributed by atoms with Gasteiger partial charge in [0.2, 0.25) is 0 Å². The van der Waals surface area contributed by atoms with E-state index in [1.165, 1.54) is 33.1 Å². The molecule has 0 aliphatic heterocycles. The van der Waals surface area contributed by atoms with Crippen molar-refractivity contribution in [2.45, 2.75) is 26.2 Å². The summed E-state index contributed by atoms with van der Waals surface area (Å²) in [6.07, 6.45) is 0. The van der Waals surface area contributed by atoms with Gasteiger partial charge in [0, 0.05) is 27.7 Å². The molecule has 5 rings (SSSR count). The maximum Gasteiger partial charge on any atom is 0.0541 e. The predicted molar refractivity (Wildman–Crippen MR) is 129 cm³/mol. The summed E-state index contributed by atoms with van der Waals surface area (Å²) >= 11 is 0. The van der Waals surface area contributed by atoms with E-state index in [0.717, 1.165) is 16.8 Å². The van der Waals surface area contributed by atoms with Crippen LogP contribution in [0.4, 0.5) is 5.69 Å². The number of hydrogen-bond donors (Lipinski definition) is 1. The summed E-state index contributed by atoms with van der Waals surface area (Å²) in [7, 11) is 0. The van der Waals surface area contributed by atoms with Crippen molar-refractivity contribution >= 4 is 27.5 Å². The number of benzene rings is 4. The summed E-state index contributed by atoms with van der Waals surface area (Å²) in [5, 5.41) is 2.53. The first kappa shape index (κ1) is 18.5. The fourth-order valence-electron chi connectivity index (χ4n) is 4.27. The molecule has 1 aromatic heterocycles. The number of anilines is 1. The van der Waals surface area contributed by atoms with Gasteiger partial charge in [-0.3, -0.25) is 0 Å². The SMILES string of the molecule is CC(C)(C)c1ccc2c(c1)c1cc(-c3ccccc3N)ccc1n2-c1ccccc1. The van der Waals surface area contributed by atoms with Gasteiger partial charge in [-0.1, -0.05) is 69.3 Å². The van der Waals surface area contributed by atoms with Gasteiger partial charge < -0.3 is 10.3 Å². The zero-order valence-corrected chi connectivity index (χ0v) is 17.7. The van der Waals surface area contributed by atoms with Crippen molar-refractivity contribution in [1.82, 2.24) is 4.57 Å². The Balaban J connectivity index is 1.87. The molecule has 0 radical (unpaired) electrons. The zero-order chi connectivity index (χ0) is 20.9. The van der Waals surface area contributed by atoms with Crippen LogP contribution in [0.2, 0.25) is 0 Å². The van der Waals surface area contributed by atoms with Crippen LogP contribution in [0.1, 0.15) is 26.3 Å². The Bertz CT molecular complexity index is 1370. The van der Waals surface area contributed by atoms with Crippen molar-refractivity contribution in [2.24, 2.45) is 0 Å². The molecule has 2 N–H and O–H groups in total. The van der Waals surface area contributed by atoms with Gasteiger partial charge in [-0.25, -0.2) is 0 Å². The largest absolute Gasteiger partial charge is 0.398 e. The highest BCUT2D eigenvalue weighted by Gasteiger charge is 2.18. The van der Waals surface area contributed by atoms with Crippen molar-refractivity contribution in [3.63, 3.8) is 0 Å². The van der Waals surface area contributed by atoms with Crippen LogP contribution >= 0.6 is 0 Å². The molecule has 0 atom stereocenters. The summed E-state index contributed by atoms with van der Waals surface area (Å²) in [6, 6.07) is 32.2. The minimum atomic E-state index is 0.0941. The number of nitrogen functional groups attached to an aromatic ring is 1. The van der Waals surface area contributed by atoms with Crippen LogP contribution in [0.5, 0.6) is 0 Å². The number of aromatic nitrogens is 1. The smallest absolute Gasteiger partial charge is 0.0541 e. The Morgan fingerprint density at radius 3 is 2.00 bits per heavy atom. The van der Waals surface area contributed by atoms with E-state index in [-0.39, 0.29) is 5.41 Å². The van der Waals surface area contributed by atoms with E-state index in [1.807, 2.05) is 18.2 Å². The highest BCUT2D eigenvalue weighted by molar-refractivity contribution is 6.11. The van der Waals surface area contributed by atoms with E-state index in [2.05, 4.69) is 98.1 Å². The summed E-state index contributed by atoms with van der Waals surface area (Å²) in [4.78, 5) is 0. The monoisotopic (exact) mass is 390 g/mol. The van der Waals surface area contributed by atoms with E-state index in [9.17, 15) is 0 Å². The fraction of sp³-hybridized carbons (Fsp3) is 0.143. The predicted octanol–water partition coefficient (Wildman–Crippen LogP) is 7.33. The highest BCUT2D eigenvalue weighted by atomic mass is 15.0. The van der Waals surface area contributed by atoms with Gasteiger partial charge in [-0.05, 0) is 59.0 Å². The second-order valence-corrected chi connectivity index (χ2v) is 8.97. The molecule has 1 heterocycles. The first-order chi connectivity index (χ1) is 14.4. The quantitative estimate of drug-likeness (QED) is 0.314. The third-order valence-electron chi connectivity index (χ3n) is 5.92. The number of rotatable bonds is 2. The van der Waals surface area contributed by atoms with Crippen LogP contribution in [0.15, 0.2) is 91.0 Å². The van der Waals surface area contributed by atoms with Gasteiger partial charge >= 0.3 is 0 Å². The maximum atomic E-state index is 6.28. The summed E-state index contributed by atoms with van der Waals surface area (Å²) < 4.78 is 2.36. The molecule has 4 aromatic carbocycles. The lowest BCUT2D eigenvalue weighted by molar-refractivity contribution is 0.591. The zero-order valence-electron chi connectivity index (χ0n) is 17.7. The highest BCUT2D eigenvalue weighted by Crippen LogP contribution is 2.37. The van der Waals surface area contributed by atoms with Crippen molar-refractivity contribution in [1.29, 1.82) is 0 Å². The van der Waals surface area contributed by atoms with E-state index in [1.54, 1.807) is 0 Å². The minimum absolute atomic E-state index is 0.0941. The topological polar surface area (TPSA) is 30.9 Å². The molecule has 0 saturated heterocycles. The van der Waals surface area contributed by atoms with Crippen molar-refractivity contribution in [3.05, 3.63) is 96.6 Å². The second-order valence-electron chi connectivity index (χ2n) is 8.97. The number of para-hydroxylation sites is 2. The molecule has 0 amide bonds. The first-order valence-corrected chi connectivity index (χ1v) is 10.4. The van der Waals surface area contributed by atoms with Crippen molar-refractivity contribution in [3.8, 4) is 16.8 Å². The van der Waals surface area contributed by atoms with Crippen LogP contribution < -0.4 is 5.73 Å². The second kappa shape index (κ2) is 6.77. The van der Waals surface area contributed by atoms with Gasteiger partial charge in [0.1, 0.15) is 0 Å². The van der Waals surface area contributed by atoms with Gasteiger partial charge in [-0.15, -0.1) is 0 Å². The molecule has 30 heavy (non-hydrogen) atoms. The molecule has 0 aliphatic carbocycles. The number of fused-ring (bicyclic) bond motifs is 3. The van der Waals surface area contributed by atoms with E-state index >= 15 is 0 Å². The Kier molecular flexibility index (Phi) is 4.18. The van der Waals surface area contributed by atoms with Crippen LogP contribution in [0, 0.1) is 0 Å². The Morgan fingerprint density at radius 1 is 0.667 bits per heavy atom. The lowest BCUT2D eigenvalue weighted by Gasteiger charge is -2.19. The van der Waals surface area contributed by atoms with E-state index < -0.39 is 0 Å². The lowest BCUT2D eigenvalue weighted by Crippen LogP contribution is -2.10. The third-order valence-corrected chi connectivity index (χ3v) is 5.92. The van der Waals surface area contributed by atoms with Crippen LogP contribution in [-0.2, 0) is 5.41 Å². The molecule has 0 spiro atoms. The first-order valence-electron chi connectivity index (χ1n) is 10.4. The molecular weight excluding hydrogens is 364 g/mol. The lowest BCUT2D eigenvalue weighted by atomic mass is 9.86. The average molecular weight is 391 g/mol. The molecule has 2 nitrogen and oxygen atoms in total. The average Bonchev–Trinajstić information content (AvgIpc) is 3.07. The normalized spacial score (nSPS) is 12.0. The van der Waals surface area contributed by atoms with Crippen LogP contribution in [-0.4, -0.2) is 4.57 Å². The number of nitrogens with two attached hydrogens (primary N) is 1. The summed E-state index contributed by atoms with van der Waals surface area (Å²) in [5.41, 5.74) is 14.4. The van der Waals surface area contributed by atoms with Gasteiger partial charge in [0.25, 0.3) is 0 Å². The molecule has 0 aliphatic rings. The van der Waals surface area contributed by atoms with E-state index in [4.69, 9.17) is 5.73 Å². The van der Waals surface area contributed by atoms with Gasteiger partial charge in [0.15, 0.2) is 0 Å². The van der Waals surface area contributed by atoms with Crippen molar-refractivity contribution < 1.29 is 0 Å². The third kappa shape index (κ3) is 2.96. The molecule has 148 valence electrons. The Labute approximate surface area is 177 Å². The molecule has 0 fully saturated rings. The van der Waals surface area contributed by atoms with Crippen LogP contribution in [0.3, 0.4) is 0 Å². The fourth-order valence-corrected chi connectivity index (χ4v) is 4.27. The molecule has 0 unspecified atom stereocenters. The molecule has 0 bridgehead atoms. The van der Waals surface area contributed by atoms with E-state index in [0.29, 0.717) is 0 Å². The maximum absolute atomic E-state index is 6.28. The molecular formula is C28H26N2. The molecule has 0 saturated carbocycles. The Morgan fingerprint density at radius 2 is 1.30 bits per heavy atom. The minimum Gasteiger partial charge on any atom is -0.398 e. The summed E-state index contributed by atoms with van der Waals surface area (Å²) in [5.74, 6) is 0. The number of nitrogens with zero attached hydrogens (tertiary/aromatic N) is 1. The standard InChI is InChI=1S/C28H26N2/c1-28(2,3)20-14-16-27-24(18-20)23-17-19(22-11-7-8-12-25(22)29)13-15-26(23)30(27)21-9-5-4-6-10-21/h4-18H,29H2,1-3H3. The van der Waals surface area contributed by atoms with Gasteiger partial charge in [0.05, 0.1) is 11.0 Å². The Hall–Kier alpha value is -3.52. The van der Waals surface area contributed by atoms with Gasteiger partial charge in [-0.2, -0.15) is 0 Å². The van der Waals surface area contributed by atoms with Crippen LogP contribution in [0.25, 0.3) is 38.6 Å². The summed E-state index contributed by atoms with van der Waals surface area (Å²) in [6.45, 7) is 6.79. The molecule has 5 aromatic rings.